The van der Waals surface area contributed by atoms with E-state index in [4.69, 9.17) is 4.74 Å². The molecule has 1 saturated heterocycles. The number of hydrogen-bond acceptors (Lipinski definition) is 2. The molecule has 0 amide bonds. The summed E-state index contributed by atoms with van der Waals surface area (Å²) in [6.45, 7) is 4.60. The SMILES string of the molecule is CCC1(CNC2CCOC3(CCCC3)C2)CCC1. The lowest BCUT2D eigenvalue weighted by molar-refractivity contribution is -0.0852. The second-order valence-electron chi connectivity index (χ2n) is 7.02. The van der Waals surface area contributed by atoms with E-state index < -0.39 is 0 Å². The Bertz CT molecular complexity index is 273. The van der Waals surface area contributed by atoms with Crippen molar-refractivity contribution in [3.63, 3.8) is 0 Å². The molecule has 1 aliphatic heterocycles. The molecule has 2 saturated carbocycles. The van der Waals surface area contributed by atoms with E-state index in [0.717, 1.165) is 12.6 Å². The Morgan fingerprint density at radius 3 is 2.50 bits per heavy atom. The number of nitrogens with one attached hydrogen (secondary N) is 1. The molecule has 1 atom stereocenters. The van der Waals surface area contributed by atoms with Crippen molar-refractivity contribution in [2.75, 3.05) is 13.2 Å². The smallest absolute Gasteiger partial charge is 0.0697 e. The fourth-order valence-corrected chi connectivity index (χ4v) is 4.26. The van der Waals surface area contributed by atoms with Crippen molar-refractivity contribution in [1.82, 2.24) is 5.32 Å². The van der Waals surface area contributed by atoms with Crippen LogP contribution >= 0.6 is 0 Å². The van der Waals surface area contributed by atoms with E-state index in [1.165, 1.54) is 70.8 Å². The van der Waals surface area contributed by atoms with Gasteiger partial charge in [-0.1, -0.05) is 26.2 Å². The molecule has 1 heterocycles. The van der Waals surface area contributed by atoms with Crippen molar-refractivity contribution in [2.45, 2.75) is 82.8 Å². The highest BCUT2D eigenvalue weighted by molar-refractivity contribution is 4.95. The van der Waals surface area contributed by atoms with Gasteiger partial charge in [-0.05, 0) is 50.4 Å². The molecule has 2 heteroatoms. The standard InChI is InChI=1S/C16H29NO/c1-2-15(7-5-8-15)13-17-14-6-11-18-16(12-14)9-3-4-10-16/h14,17H,2-13H2,1H3. The van der Waals surface area contributed by atoms with Crippen LogP contribution in [0.15, 0.2) is 0 Å². The second-order valence-corrected chi connectivity index (χ2v) is 7.02. The molecule has 0 aromatic carbocycles. The first-order chi connectivity index (χ1) is 8.76. The molecule has 0 aromatic heterocycles. The molecule has 3 aliphatic rings. The average molecular weight is 251 g/mol. The van der Waals surface area contributed by atoms with E-state index in [0.29, 0.717) is 5.41 Å². The summed E-state index contributed by atoms with van der Waals surface area (Å²) in [7, 11) is 0. The Balaban J connectivity index is 1.50. The first-order valence-electron chi connectivity index (χ1n) is 8.13. The molecule has 0 bridgehead atoms. The van der Waals surface area contributed by atoms with Gasteiger partial charge in [0.2, 0.25) is 0 Å². The van der Waals surface area contributed by atoms with Crippen LogP contribution < -0.4 is 5.32 Å². The van der Waals surface area contributed by atoms with Crippen LogP contribution in [-0.2, 0) is 4.74 Å². The zero-order chi connectivity index (χ0) is 12.5. The number of ether oxygens (including phenoxy) is 1. The lowest BCUT2D eigenvalue weighted by Gasteiger charge is -2.44. The van der Waals surface area contributed by atoms with Gasteiger partial charge in [0.1, 0.15) is 0 Å². The quantitative estimate of drug-likeness (QED) is 0.823. The molecule has 1 spiro atoms. The van der Waals surface area contributed by atoms with E-state index >= 15 is 0 Å². The van der Waals surface area contributed by atoms with Crippen LogP contribution in [0.3, 0.4) is 0 Å². The third-order valence-electron chi connectivity index (χ3n) is 5.94. The highest BCUT2D eigenvalue weighted by atomic mass is 16.5. The average Bonchev–Trinajstić information content (AvgIpc) is 2.77. The van der Waals surface area contributed by atoms with Crippen LogP contribution in [0.4, 0.5) is 0 Å². The Kier molecular flexibility index (Phi) is 3.68. The van der Waals surface area contributed by atoms with Gasteiger partial charge in [-0.25, -0.2) is 0 Å². The first-order valence-corrected chi connectivity index (χ1v) is 8.13. The van der Waals surface area contributed by atoms with E-state index in [-0.39, 0.29) is 5.60 Å². The van der Waals surface area contributed by atoms with Crippen LogP contribution in [0.5, 0.6) is 0 Å². The Hall–Kier alpha value is -0.0800. The zero-order valence-electron chi connectivity index (χ0n) is 12.0. The summed E-state index contributed by atoms with van der Waals surface area (Å²) in [4.78, 5) is 0. The number of rotatable bonds is 4. The van der Waals surface area contributed by atoms with Crippen molar-refractivity contribution in [1.29, 1.82) is 0 Å². The molecular weight excluding hydrogens is 222 g/mol. The maximum absolute atomic E-state index is 6.12. The lowest BCUT2D eigenvalue weighted by atomic mass is 9.67. The van der Waals surface area contributed by atoms with Gasteiger partial charge in [-0.15, -0.1) is 0 Å². The summed E-state index contributed by atoms with van der Waals surface area (Å²) in [6, 6.07) is 0.723. The van der Waals surface area contributed by atoms with E-state index in [1.54, 1.807) is 0 Å². The molecule has 0 aromatic rings. The van der Waals surface area contributed by atoms with Crippen LogP contribution in [0.2, 0.25) is 0 Å². The van der Waals surface area contributed by atoms with Gasteiger partial charge in [-0.2, -0.15) is 0 Å². The van der Waals surface area contributed by atoms with Gasteiger partial charge in [0.15, 0.2) is 0 Å². The molecule has 0 radical (unpaired) electrons. The van der Waals surface area contributed by atoms with Gasteiger partial charge in [0, 0.05) is 19.2 Å². The van der Waals surface area contributed by atoms with Crippen molar-refractivity contribution >= 4 is 0 Å². The third kappa shape index (κ3) is 2.46. The maximum atomic E-state index is 6.12. The summed E-state index contributed by atoms with van der Waals surface area (Å²) < 4.78 is 6.12. The molecule has 2 nitrogen and oxygen atoms in total. The van der Waals surface area contributed by atoms with Crippen molar-refractivity contribution in [3.8, 4) is 0 Å². The highest BCUT2D eigenvalue weighted by Gasteiger charge is 2.41. The molecular formula is C16H29NO. The Labute approximate surface area is 112 Å². The van der Waals surface area contributed by atoms with E-state index in [1.807, 2.05) is 0 Å². The lowest BCUT2D eigenvalue weighted by Crippen LogP contribution is -2.49. The maximum Gasteiger partial charge on any atom is 0.0697 e. The topological polar surface area (TPSA) is 21.3 Å². The van der Waals surface area contributed by atoms with Gasteiger partial charge >= 0.3 is 0 Å². The predicted molar refractivity (Wildman–Crippen MR) is 74.8 cm³/mol. The van der Waals surface area contributed by atoms with Gasteiger partial charge in [0.25, 0.3) is 0 Å². The van der Waals surface area contributed by atoms with Crippen LogP contribution in [0.1, 0.15) is 71.1 Å². The first kappa shape index (κ1) is 12.9. The van der Waals surface area contributed by atoms with E-state index in [2.05, 4.69) is 12.2 Å². The summed E-state index contributed by atoms with van der Waals surface area (Å²) in [5.74, 6) is 0. The molecule has 104 valence electrons. The predicted octanol–water partition coefficient (Wildman–Crippen LogP) is 3.65. The molecule has 18 heavy (non-hydrogen) atoms. The molecule has 3 fully saturated rings. The van der Waals surface area contributed by atoms with Crippen LogP contribution in [0, 0.1) is 5.41 Å². The molecule has 3 rings (SSSR count). The summed E-state index contributed by atoms with van der Waals surface area (Å²) in [5, 5.41) is 3.89. The minimum Gasteiger partial charge on any atom is -0.375 e. The third-order valence-corrected chi connectivity index (χ3v) is 5.94. The van der Waals surface area contributed by atoms with Gasteiger partial charge in [-0.3, -0.25) is 0 Å². The minimum absolute atomic E-state index is 0.273. The summed E-state index contributed by atoms with van der Waals surface area (Å²) in [5.41, 5.74) is 0.927. The minimum atomic E-state index is 0.273. The highest BCUT2D eigenvalue weighted by Crippen LogP contribution is 2.44. The molecule has 2 aliphatic carbocycles. The van der Waals surface area contributed by atoms with Crippen molar-refractivity contribution < 1.29 is 4.74 Å². The summed E-state index contributed by atoms with van der Waals surface area (Å²) in [6.07, 6.45) is 13.6. The normalized spacial score (nSPS) is 33.5. The summed E-state index contributed by atoms with van der Waals surface area (Å²) >= 11 is 0. The molecule has 1 unspecified atom stereocenters. The van der Waals surface area contributed by atoms with Crippen LogP contribution in [-0.4, -0.2) is 24.8 Å². The van der Waals surface area contributed by atoms with Gasteiger partial charge < -0.3 is 10.1 Å². The zero-order valence-corrected chi connectivity index (χ0v) is 12.0. The van der Waals surface area contributed by atoms with E-state index in [9.17, 15) is 0 Å². The molecule has 1 N–H and O–H groups in total. The van der Waals surface area contributed by atoms with Crippen molar-refractivity contribution in [3.05, 3.63) is 0 Å². The number of hydrogen-bond donors (Lipinski definition) is 1. The fraction of sp³-hybridized carbons (Fsp3) is 1.00. The Morgan fingerprint density at radius 1 is 1.11 bits per heavy atom. The van der Waals surface area contributed by atoms with Crippen LogP contribution in [0.25, 0.3) is 0 Å². The second kappa shape index (κ2) is 5.13. The van der Waals surface area contributed by atoms with Crippen molar-refractivity contribution in [2.24, 2.45) is 5.41 Å². The monoisotopic (exact) mass is 251 g/mol. The fourth-order valence-electron chi connectivity index (χ4n) is 4.26. The van der Waals surface area contributed by atoms with Gasteiger partial charge in [0.05, 0.1) is 5.60 Å². The largest absolute Gasteiger partial charge is 0.375 e. The Morgan fingerprint density at radius 2 is 1.89 bits per heavy atom.